The second kappa shape index (κ2) is 6.84. The average molecular weight is 278 g/mol. The summed E-state index contributed by atoms with van der Waals surface area (Å²) < 4.78 is 13.0. The molecule has 0 heterocycles. The van der Waals surface area contributed by atoms with Gasteiger partial charge in [0, 0.05) is 12.5 Å². The highest BCUT2D eigenvalue weighted by atomic mass is 19.1. The number of hydrogen-bond acceptors (Lipinski definition) is 2. The van der Waals surface area contributed by atoms with E-state index in [2.05, 4.69) is 5.32 Å². The number of aryl methyl sites for hydroxylation is 1. The van der Waals surface area contributed by atoms with Gasteiger partial charge in [-0.25, -0.2) is 4.39 Å². The highest BCUT2D eigenvalue weighted by Gasteiger charge is 2.31. The van der Waals surface area contributed by atoms with Gasteiger partial charge in [0.15, 0.2) is 0 Å². The van der Waals surface area contributed by atoms with Gasteiger partial charge in [-0.15, -0.1) is 0 Å². The molecular formula is C16H23FN2O. The van der Waals surface area contributed by atoms with Crippen LogP contribution in [0.4, 0.5) is 4.39 Å². The van der Waals surface area contributed by atoms with Crippen molar-refractivity contribution in [3.63, 3.8) is 0 Å². The standard InChI is InChI=1S/C16H23FN2O/c1-11-9-14(17)6-5-12(11)7-8-19-16(20)15-4-2-3-13(15)10-18/h5-6,9,13,15H,2-4,7-8,10,18H2,1H3,(H,19,20)/t13-,15-/m1/s1. The van der Waals surface area contributed by atoms with Crippen LogP contribution in [0.3, 0.4) is 0 Å². The Balaban J connectivity index is 1.82. The number of carbonyl (C=O) groups excluding carboxylic acids is 1. The summed E-state index contributed by atoms with van der Waals surface area (Å²) in [6, 6.07) is 4.78. The van der Waals surface area contributed by atoms with Crippen molar-refractivity contribution in [3.05, 3.63) is 35.1 Å². The largest absolute Gasteiger partial charge is 0.356 e. The van der Waals surface area contributed by atoms with Crippen LogP contribution in [0.5, 0.6) is 0 Å². The van der Waals surface area contributed by atoms with Crippen molar-refractivity contribution < 1.29 is 9.18 Å². The first kappa shape index (κ1) is 15.0. The molecule has 1 aromatic carbocycles. The molecule has 0 aromatic heterocycles. The number of nitrogens with one attached hydrogen (secondary N) is 1. The first-order chi connectivity index (χ1) is 9.61. The van der Waals surface area contributed by atoms with Crippen molar-refractivity contribution in [1.29, 1.82) is 0 Å². The number of halogens is 1. The van der Waals surface area contributed by atoms with Gasteiger partial charge in [-0.3, -0.25) is 4.79 Å². The minimum absolute atomic E-state index is 0.0781. The smallest absolute Gasteiger partial charge is 0.223 e. The van der Waals surface area contributed by atoms with E-state index >= 15 is 0 Å². The molecule has 0 bridgehead atoms. The Bertz CT molecular complexity index is 476. The quantitative estimate of drug-likeness (QED) is 0.867. The van der Waals surface area contributed by atoms with E-state index in [0.29, 0.717) is 19.0 Å². The Hall–Kier alpha value is -1.42. The lowest BCUT2D eigenvalue weighted by atomic mass is 9.95. The van der Waals surface area contributed by atoms with Gasteiger partial charge in [-0.2, -0.15) is 0 Å². The van der Waals surface area contributed by atoms with E-state index in [1.165, 1.54) is 12.1 Å². The normalized spacial score (nSPS) is 21.9. The zero-order chi connectivity index (χ0) is 14.5. The second-order valence-corrected chi connectivity index (χ2v) is 5.65. The fourth-order valence-electron chi connectivity index (χ4n) is 3.06. The first-order valence-electron chi connectivity index (χ1n) is 7.34. The van der Waals surface area contributed by atoms with E-state index in [0.717, 1.165) is 36.8 Å². The average Bonchev–Trinajstić information content (AvgIpc) is 2.89. The number of hydrogen-bond donors (Lipinski definition) is 2. The summed E-state index contributed by atoms with van der Waals surface area (Å²) in [6.07, 6.45) is 3.84. The SMILES string of the molecule is Cc1cc(F)ccc1CCNC(=O)[C@@H]1CCC[C@@H]1CN. The van der Waals surface area contributed by atoms with Crippen LogP contribution in [0.15, 0.2) is 18.2 Å². The Labute approximate surface area is 119 Å². The highest BCUT2D eigenvalue weighted by Crippen LogP contribution is 2.30. The summed E-state index contributed by atoms with van der Waals surface area (Å²) >= 11 is 0. The molecule has 3 nitrogen and oxygen atoms in total. The summed E-state index contributed by atoms with van der Waals surface area (Å²) in [4.78, 5) is 12.1. The van der Waals surface area contributed by atoms with E-state index < -0.39 is 0 Å². The van der Waals surface area contributed by atoms with E-state index in [-0.39, 0.29) is 17.6 Å². The van der Waals surface area contributed by atoms with Crippen molar-refractivity contribution in [3.8, 4) is 0 Å². The van der Waals surface area contributed by atoms with Crippen molar-refractivity contribution in [2.24, 2.45) is 17.6 Å². The number of amides is 1. The van der Waals surface area contributed by atoms with Crippen LogP contribution >= 0.6 is 0 Å². The lowest BCUT2D eigenvalue weighted by Gasteiger charge is -2.17. The predicted octanol–water partition coefficient (Wildman–Crippen LogP) is 2.17. The molecule has 1 amide bonds. The number of rotatable bonds is 5. The Morgan fingerprint density at radius 2 is 2.25 bits per heavy atom. The minimum Gasteiger partial charge on any atom is -0.356 e. The third-order valence-electron chi connectivity index (χ3n) is 4.30. The van der Waals surface area contributed by atoms with Gasteiger partial charge < -0.3 is 11.1 Å². The monoisotopic (exact) mass is 278 g/mol. The molecule has 1 aliphatic rings. The van der Waals surface area contributed by atoms with Crippen LogP contribution < -0.4 is 11.1 Å². The van der Waals surface area contributed by atoms with Crippen LogP contribution in [0.2, 0.25) is 0 Å². The van der Waals surface area contributed by atoms with Gasteiger partial charge in [0.05, 0.1) is 0 Å². The molecule has 0 saturated heterocycles. The van der Waals surface area contributed by atoms with Crippen LogP contribution in [-0.2, 0) is 11.2 Å². The van der Waals surface area contributed by atoms with E-state index in [9.17, 15) is 9.18 Å². The Kier molecular flexibility index (Phi) is 5.12. The van der Waals surface area contributed by atoms with Gasteiger partial charge in [0.2, 0.25) is 5.91 Å². The molecule has 0 aliphatic heterocycles. The molecular weight excluding hydrogens is 255 g/mol. The zero-order valence-corrected chi connectivity index (χ0v) is 12.0. The molecule has 0 spiro atoms. The van der Waals surface area contributed by atoms with Crippen molar-refractivity contribution in [2.75, 3.05) is 13.1 Å². The molecule has 20 heavy (non-hydrogen) atoms. The molecule has 0 unspecified atom stereocenters. The fourth-order valence-corrected chi connectivity index (χ4v) is 3.06. The van der Waals surface area contributed by atoms with Crippen LogP contribution in [0.25, 0.3) is 0 Å². The molecule has 1 fully saturated rings. The maximum atomic E-state index is 13.0. The van der Waals surface area contributed by atoms with Gasteiger partial charge >= 0.3 is 0 Å². The Morgan fingerprint density at radius 3 is 2.95 bits per heavy atom. The van der Waals surface area contributed by atoms with Crippen LogP contribution in [-0.4, -0.2) is 19.0 Å². The zero-order valence-electron chi connectivity index (χ0n) is 12.0. The van der Waals surface area contributed by atoms with Crippen molar-refractivity contribution >= 4 is 5.91 Å². The van der Waals surface area contributed by atoms with Gasteiger partial charge in [-0.05, 0) is 61.9 Å². The van der Waals surface area contributed by atoms with Crippen LogP contribution in [0, 0.1) is 24.6 Å². The van der Waals surface area contributed by atoms with Gasteiger partial charge in [0.1, 0.15) is 5.82 Å². The molecule has 1 aromatic rings. The molecule has 1 saturated carbocycles. The second-order valence-electron chi connectivity index (χ2n) is 5.65. The first-order valence-corrected chi connectivity index (χ1v) is 7.34. The summed E-state index contributed by atoms with van der Waals surface area (Å²) in [7, 11) is 0. The van der Waals surface area contributed by atoms with E-state index in [4.69, 9.17) is 5.73 Å². The number of nitrogens with two attached hydrogens (primary N) is 1. The molecule has 110 valence electrons. The molecule has 0 radical (unpaired) electrons. The summed E-state index contributed by atoms with van der Waals surface area (Å²) in [5.74, 6) is 0.321. The number of benzene rings is 1. The summed E-state index contributed by atoms with van der Waals surface area (Å²) in [5, 5.41) is 2.99. The molecule has 3 N–H and O–H groups in total. The third kappa shape index (κ3) is 3.57. The van der Waals surface area contributed by atoms with E-state index in [1.54, 1.807) is 6.07 Å². The van der Waals surface area contributed by atoms with E-state index in [1.807, 2.05) is 6.92 Å². The summed E-state index contributed by atoms with van der Waals surface area (Å²) in [5.41, 5.74) is 7.71. The molecule has 2 rings (SSSR count). The highest BCUT2D eigenvalue weighted by molar-refractivity contribution is 5.79. The topological polar surface area (TPSA) is 55.1 Å². The lowest BCUT2D eigenvalue weighted by Crippen LogP contribution is -2.36. The third-order valence-corrected chi connectivity index (χ3v) is 4.30. The number of carbonyl (C=O) groups is 1. The maximum absolute atomic E-state index is 13.0. The summed E-state index contributed by atoms with van der Waals surface area (Å²) in [6.45, 7) is 3.08. The predicted molar refractivity (Wildman–Crippen MR) is 77.7 cm³/mol. The van der Waals surface area contributed by atoms with Crippen LogP contribution in [0.1, 0.15) is 30.4 Å². The van der Waals surface area contributed by atoms with Crippen molar-refractivity contribution in [1.82, 2.24) is 5.32 Å². The molecule has 2 atom stereocenters. The molecule has 1 aliphatic carbocycles. The van der Waals surface area contributed by atoms with Gasteiger partial charge in [-0.1, -0.05) is 12.5 Å². The van der Waals surface area contributed by atoms with Crippen molar-refractivity contribution in [2.45, 2.75) is 32.6 Å². The molecule has 4 heteroatoms. The Morgan fingerprint density at radius 1 is 1.45 bits per heavy atom. The minimum atomic E-state index is -0.216. The van der Waals surface area contributed by atoms with Gasteiger partial charge in [0.25, 0.3) is 0 Å². The fraction of sp³-hybridized carbons (Fsp3) is 0.562. The lowest BCUT2D eigenvalue weighted by molar-refractivity contribution is -0.125. The maximum Gasteiger partial charge on any atom is 0.223 e.